The summed E-state index contributed by atoms with van der Waals surface area (Å²) < 4.78 is 5.41. The first-order chi connectivity index (χ1) is 9.99. The summed E-state index contributed by atoms with van der Waals surface area (Å²) in [5.41, 5.74) is 7.10. The molecule has 1 heterocycles. The van der Waals surface area contributed by atoms with E-state index in [1.165, 1.54) is 0 Å². The summed E-state index contributed by atoms with van der Waals surface area (Å²) in [6, 6.07) is 8.98. The third kappa shape index (κ3) is 4.32. The predicted molar refractivity (Wildman–Crippen MR) is 87.6 cm³/mol. The van der Waals surface area contributed by atoms with Gasteiger partial charge in [0.15, 0.2) is 0 Å². The highest BCUT2D eigenvalue weighted by Crippen LogP contribution is 2.20. The highest BCUT2D eigenvalue weighted by atomic mass is 35.5. The summed E-state index contributed by atoms with van der Waals surface area (Å²) in [6.07, 6.45) is 1.64. The van der Waals surface area contributed by atoms with E-state index in [4.69, 9.17) is 10.2 Å². The fourth-order valence-electron chi connectivity index (χ4n) is 2.11. The standard InChI is InChI=1S/C16H21N3O2.ClH/c1-10-9-18-16(21-10)12(3)19-15(20)11(2)14(17)13-7-5-4-6-8-13;/h4-9,11-12,14H,17H2,1-3H3,(H,19,20);1H. The maximum absolute atomic E-state index is 12.3. The van der Waals surface area contributed by atoms with E-state index >= 15 is 0 Å². The van der Waals surface area contributed by atoms with Crippen molar-refractivity contribution < 1.29 is 9.21 Å². The van der Waals surface area contributed by atoms with Crippen molar-refractivity contribution in [3.8, 4) is 0 Å². The molecule has 6 heteroatoms. The molecule has 1 aromatic heterocycles. The van der Waals surface area contributed by atoms with Crippen molar-refractivity contribution in [2.75, 3.05) is 0 Å². The molecule has 0 fully saturated rings. The molecular weight excluding hydrogens is 302 g/mol. The van der Waals surface area contributed by atoms with Gasteiger partial charge in [0.25, 0.3) is 0 Å². The molecule has 0 radical (unpaired) electrons. The number of nitrogens with two attached hydrogens (primary N) is 1. The molecule has 0 spiro atoms. The number of nitrogens with zero attached hydrogens (tertiary/aromatic N) is 1. The van der Waals surface area contributed by atoms with Crippen molar-refractivity contribution in [2.24, 2.45) is 11.7 Å². The Morgan fingerprint density at radius 2 is 1.91 bits per heavy atom. The number of benzene rings is 1. The second-order valence-corrected chi connectivity index (χ2v) is 5.26. The first-order valence-corrected chi connectivity index (χ1v) is 7.02. The van der Waals surface area contributed by atoms with Gasteiger partial charge in [0.1, 0.15) is 11.8 Å². The number of hydrogen-bond acceptors (Lipinski definition) is 4. The van der Waals surface area contributed by atoms with E-state index < -0.39 is 0 Å². The lowest BCUT2D eigenvalue weighted by Gasteiger charge is -2.21. The Labute approximate surface area is 136 Å². The normalized spacial score (nSPS) is 14.5. The molecule has 2 aromatic rings. The molecule has 3 unspecified atom stereocenters. The molecule has 0 saturated carbocycles. The van der Waals surface area contributed by atoms with Crippen LogP contribution < -0.4 is 11.1 Å². The zero-order chi connectivity index (χ0) is 15.4. The van der Waals surface area contributed by atoms with Gasteiger partial charge in [0.2, 0.25) is 11.8 Å². The first-order valence-electron chi connectivity index (χ1n) is 7.02. The smallest absolute Gasteiger partial charge is 0.225 e. The van der Waals surface area contributed by atoms with Crippen molar-refractivity contribution in [3.63, 3.8) is 0 Å². The Morgan fingerprint density at radius 1 is 1.27 bits per heavy atom. The highest BCUT2D eigenvalue weighted by molar-refractivity contribution is 5.85. The van der Waals surface area contributed by atoms with E-state index in [-0.39, 0.29) is 36.3 Å². The minimum atomic E-state index is -0.343. The van der Waals surface area contributed by atoms with Gasteiger partial charge in [-0.2, -0.15) is 0 Å². The molecule has 3 N–H and O–H groups in total. The second kappa shape index (κ2) is 7.96. The molecule has 0 aliphatic heterocycles. The van der Waals surface area contributed by atoms with E-state index in [0.29, 0.717) is 5.89 Å². The minimum absolute atomic E-state index is 0. The number of aromatic nitrogens is 1. The van der Waals surface area contributed by atoms with Gasteiger partial charge >= 0.3 is 0 Å². The van der Waals surface area contributed by atoms with Crippen LogP contribution in [0, 0.1) is 12.8 Å². The first kappa shape index (κ1) is 18.2. The minimum Gasteiger partial charge on any atom is -0.444 e. The van der Waals surface area contributed by atoms with Crippen molar-refractivity contribution >= 4 is 18.3 Å². The maximum atomic E-state index is 12.3. The number of carbonyl (C=O) groups is 1. The summed E-state index contributed by atoms with van der Waals surface area (Å²) >= 11 is 0. The zero-order valence-electron chi connectivity index (χ0n) is 12.9. The van der Waals surface area contributed by atoms with E-state index in [1.54, 1.807) is 6.20 Å². The number of hydrogen-bond donors (Lipinski definition) is 2. The second-order valence-electron chi connectivity index (χ2n) is 5.26. The Kier molecular flexibility index (Phi) is 6.59. The molecule has 1 amide bonds. The molecule has 3 atom stereocenters. The largest absolute Gasteiger partial charge is 0.444 e. The van der Waals surface area contributed by atoms with E-state index in [2.05, 4.69) is 10.3 Å². The van der Waals surface area contributed by atoms with Crippen LogP contribution in [-0.4, -0.2) is 10.9 Å². The highest BCUT2D eigenvalue weighted by Gasteiger charge is 2.24. The molecular formula is C16H22ClN3O2. The van der Waals surface area contributed by atoms with Crippen LogP contribution in [0.3, 0.4) is 0 Å². The van der Waals surface area contributed by atoms with E-state index in [1.807, 2.05) is 51.1 Å². The van der Waals surface area contributed by atoms with Crippen molar-refractivity contribution in [1.82, 2.24) is 10.3 Å². The van der Waals surface area contributed by atoms with Gasteiger partial charge in [-0.3, -0.25) is 4.79 Å². The lowest BCUT2D eigenvalue weighted by molar-refractivity contribution is -0.126. The quantitative estimate of drug-likeness (QED) is 0.886. The summed E-state index contributed by atoms with van der Waals surface area (Å²) in [5, 5.41) is 2.88. The number of rotatable bonds is 5. The Balaban J connectivity index is 0.00000242. The number of amides is 1. The number of oxazole rings is 1. The Morgan fingerprint density at radius 3 is 2.45 bits per heavy atom. The van der Waals surface area contributed by atoms with Gasteiger partial charge in [0, 0.05) is 6.04 Å². The monoisotopic (exact) mass is 323 g/mol. The lowest BCUT2D eigenvalue weighted by Crippen LogP contribution is -2.37. The fraction of sp³-hybridized carbons (Fsp3) is 0.375. The average Bonchev–Trinajstić information content (AvgIpc) is 2.93. The van der Waals surface area contributed by atoms with Crippen molar-refractivity contribution in [3.05, 3.63) is 53.7 Å². The molecule has 120 valence electrons. The molecule has 22 heavy (non-hydrogen) atoms. The maximum Gasteiger partial charge on any atom is 0.225 e. The van der Waals surface area contributed by atoms with Crippen LogP contribution in [0.15, 0.2) is 40.9 Å². The molecule has 0 aliphatic carbocycles. The van der Waals surface area contributed by atoms with Crippen LogP contribution in [0.25, 0.3) is 0 Å². The number of halogens is 1. The topological polar surface area (TPSA) is 81.2 Å². The number of carbonyl (C=O) groups excluding carboxylic acids is 1. The average molecular weight is 324 g/mol. The summed E-state index contributed by atoms with van der Waals surface area (Å²) in [5.74, 6) is 0.766. The fourth-order valence-corrected chi connectivity index (χ4v) is 2.11. The van der Waals surface area contributed by atoms with Gasteiger partial charge in [-0.1, -0.05) is 37.3 Å². The zero-order valence-corrected chi connectivity index (χ0v) is 13.8. The molecule has 0 saturated heterocycles. The van der Waals surface area contributed by atoms with Gasteiger partial charge in [-0.25, -0.2) is 4.98 Å². The predicted octanol–water partition coefficient (Wildman–Crippen LogP) is 2.92. The van der Waals surface area contributed by atoms with Gasteiger partial charge in [-0.05, 0) is 19.4 Å². The van der Waals surface area contributed by atoms with Crippen LogP contribution >= 0.6 is 12.4 Å². The Hall–Kier alpha value is -1.85. The lowest BCUT2D eigenvalue weighted by atomic mass is 9.94. The van der Waals surface area contributed by atoms with Crippen molar-refractivity contribution in [1.29, 1.82) is 0 Å². The van der Waals surface area contributed by atoms with E-state index in [9.17, 15) is 4.79 Å². The van der Waals surface area contributed by atoms with Gasteiger partial charge < -0.3 is 15.5 Å². The van der Waals surface area contributed by atoms with Crippen LogP contribution in [-0.2, 0) is 4.79 Å². The summed E-state index contributed by atoms with van der Waals surface area (Å²) in [6.45, 7) is 5.48. The van der Waals surface area contributed by atoms with Crippen molar-refractivity contribution in [2.45, 2.75) is 32.9 Å². The number of nitrogens with one attached hydrogen (secondary N) is 1. The van der Waals surface area contributed by atoms with Crippen LogP contribution in [0.5, 0.6) is 0 Å². The molecule has 0 aliphatic rings. The van der Waals surface area contributed by atoms with Crippen LogP contribution in [0.4, 0.5) is 0 Å². The summed E-state index contributed by atoms with van der Waals surface area (Å²) in [4.78, 5) is 16.4. The summed E-state index contributed by atoms with van der Waals surface area (Å²) in [7, 11) is 0. The molecule has 0 bridgehead atoms. The van der Waals surface area contributed by atoms with Crippen LogP contribution in [0.2, 0.25) is 0 Å². The molecule has 5 nitrogen and oxygen atoms in total. The third-order valence-corrected chi connectivity index (χ3v) is 3.51. The SMILES string of the molecule is Cc1cnc(C(C)NC(=O)C(C)C(N)c2ccccc2)o1.Cl. The Bertz CT molecular complexity index is 600. The van der Waals surface area contributed by atoms with Gasteiger partial charge in [-0.15, -0.1) is 12.4 Å². The van der Waals surface area contributed by atoms with Crippen LogP contribution in [0.1, 0.15) is 43.1 Å². The molecule has 2 rings (SSSR count). The molecule has 1 aromatic carbocycles. The van der Waals surface area contributed by atoms with Gasteiger partial charge in [0.05, 0.1) is 12.1 Å². The number of aryl methyl sites for hydroxylation is 1. The third-order valence-electron chi connectivity index (χ3n) is 3.51. The van der Waals surface area contributed by atoms with E-state index in [0.717, 1.165) is 11.3 Å².